The Bertz CT molecular complexity index is 986. The number of carbonyl (C=O) groups excluding carboxylic acids is 1. The zero-order valence-corrected chi connectivity index (χ0v) is 15.5. The second-order valence-corrected chi connectivity index (χ2v) is 6.75. The Balaban J connectivity index is 1.47. The van der Waals surface area contributed by atoms with Gasteiger partial charge < -0.3 is 18.6 Å². The normalized spacial score (nSPS) is 12.8. The third-order valence-corrected chi connectivity index (χ3v) is 5.08. The molecule has 1 aliphatic rings. The molecule has 0 atom stereocenters. The third-order valence-electron chi connectivity index (χ3n) is 5.08. The van der Waals surface area contributed by atoms with E-state index >= 15 is 0 Å². The van der Waals surface area contributed by atoms with Crippen LogP contribution in [0.2, 0.25) is 0 Å². The van der Waals surface area contributed by atoms with Crippen molar-refractivity contribution < 1.29 is 23.4 Å². The van der Waals surface area contributed by atoms with Gasteiger partial charge in [-0.05, 0) is 60.7 Å². The van der Waals surface area contributed by atoms with E-state index in [-0.39, 0.29) is 19.0 Å². The quantitative estimate of drug-likeness (QED) is 0.611. The van der Waals surface area contributed by atoms with E-state index < -0.39 is 0 Å². The molecule has 0 N–H and O–H groups in total. The van der Waals surface area contributed by atoms with Crippen molar-refractivity contribution >= 4 is 16.9 Å². The van der Waals surface area contributed by atoms with Crippen molar-refractivity contribution in [1.29, 1.82) is 0 Å². The lowest BCUT2D eigenvalue weighted by molar-refractivity contribution is -0.144. The molecule has 0 spiro atoms. The maximum atomic E-state index is 12.4. The molecule has 0 amide bonds. The molecule has 4 rings (SSSR count). The van der Waals surface area contributed by atoms with Gasteiger partial charge in [-0.2, -0.15) is 0 Å². The van der Waals surface area contributed by atoms with Crippen molar-refractivity contribution in [3.05, 3.63) is 58.8 Å². The van der Waals surface area contributed by atoms with Crippen molar-refractivity contribution in [1.82, 2.24) is 0 Å². The van der Waals surface area contributed by atoms with Crippen LogP contribution >= 0.6 is 0 Å². The van der Waals surface area contributed by atoms with Crippen LogP contribution in [0.5, 0.6) is 11.5 Å². The number of hydrogen-bond donors (Lipinski definition) is 0. The monoisotopic (exact) mass is 366 g/mol. The molecular formula is C22H22O5. The fourth-order valence-corrected chi connectivity index (χ4v) is 3.64. The molecule has 5 heteroatoms. The number of methoxy groups -OCH3 is 2. The average Bonchev–Trinajstić information content (AvgIpc) is 3.30. The fourth-order valence-electron chi connectivity index (χ4n) is 3.64. The Morgan fingerprint density at radius 1 is 1.04 bits per heavy atom. The Kier molecular flexibility index (Phi) is 4.75. The van der Waals surface area contributed by atoms with Crippen LogP contribution in [0.25, 0.3) is 11.0 Å². The molecule has 1 aliphatic carbocycles. The van der Waals surface area contributed by atoms with Gasteiger partial charge in [0.1, 0.15) is 23.7 Å². The van der Waals surface area contributed by atoms with Gasteiger partial charge in [-0.1, -0.05) is 0 Å². The van der Waals surface area contributed by atoms with Crippen LogP contribution in [0.3, 0.4) is 0 Å². The predicted molar refractivity (Wildman–Crippen MR) is 101 cm³/mol. The van der Waals surface area contributed by atoms with Crippen molar-refractivity contribution in [3.8, 4) is 11.5 Å². The number of hydrogen-bond acceptors (Lipinski definition) is 5. The van der Waals surface area contributed by atoms with Crippen molar-refractivity contribution in [2.75, 3.05) is 14.2 Å². The molecule has 140 valence electrons. The molecule has 0 radical (unpaired) electrons. The van der Waals surface area contributed by atoms with Gasteiger partial charge in [-0.15, -0.1) is 0 Å². The molecule has 0 unspecified atom stereocenters. The number of fused-ring (bicyclic) bond motifs is 2. The van der Waals surface area contributed by atoms with E-state index in [0.717, 1.165) is 34.9 Å². The van der Waals surface area contributed by atoms with E-state index in [1.54, 1.807) is 32.6 Å². The number of carbonyl (C=O) groups is 1. The lowest BCUT2D eigenvalue weighted by Crippen LogP contribution is -2.08. The van der Waals surface area contributed by atoms with Crippen LogP contribution in [0.1, 0.15) is 28.7 Å². The summed E-state index contributed by atoms with van der Waals surface area (Å²) in [4.78, 5) is 12.4. The molecule has 0 bridgehead atoms. The molecule has 1 heterocycles. The van der Waals surface area contributed by atoms with Crippen LogP contribution in [0.4, 0.5) is 0 Å². The van der Waals surface area contributed by atoms with Crippen LogP contribution in [-0.2, 0) is 35.4 Å². The number of aryl methyl sites for hydroxylation is 2. The molecule has 0 aliphatic heterocycles. The average molecular weight is 366 g/mol. The van der Waals surface area contributed by atoms with Crippen molar-refractivity contribution in [2.24, 2.45) is 0 Å². The number of benzene rings is 2. The van der Waals surface area contributed by atoms with E-state index in [9.17, 15) is 4.79 Å². The summed E-state index contributed by atoms with van der Waals surface area (Å²) in [6.07, 6.45) is 5.22. The van der Waals surface area contributed by atoms with E-state index in [4.69, 9.17) is 18.6 Å². The predicted octanol–water partition coefficient (Wildman–Crippen LogP) is 4.22. The smallest absolute Gasteiger partial charge is 0.310 e. The van der Waals surface area contributed by atoms with Gasteiger partial charge in [-0.3, -0.25) is 4.79 Å². The summed E-state index contributed by atoms with van der Waals surface area (Å²) < 4.78 is 21.7. The van der Waals surface area contributed by atoms with Gasteiger partial charge in [0.25, 0.3) is 0 Å². The molecule has 0 fully saturated rings. The summed E-state index contributed by atoms with van der Waals surface area (Å²) in [5.41, 5.74) is 5.19. The number of furan rings is 1. The van der Waals surface area contributed by atoms with Gasteiger partial charge in [0, 0.05) is 16.5 Å². The fraction of sp³-hybridized carbons (Fsp3) is 0.318. The lowest BCUT2D eigenvalue weighted by Gasteiger charge is -2.11. The minimum absolute atomic E-state index is 0.129. The van der Waals surface area contributed by atoms with Crippen LogP contribution < -0.4 is 9.47 Å². The summed E-state index contributed by atoms with van der Waals surface area (Å²) >= 11 is 0. The molecule has 1 aromatic heterocycles. The second-order valence-electron chi connectivity index (χ2n) is 6.75. The van der Waals surface area contributed by atoms with Crippen molar-refractivity contribution in [2.45, 2.75) is 32.3 Å². The Morgan fingerprint density at radius 3 is 2.63 bits per heavy atom. The Morgan fingerprint density at radius 2 is 1.85 bits per heavy atom. The van der Waals surface area contributed by atoms with E-state index in [1.807, 2.05) is 6.07 Å². The Labute approximate surface area is 157 Å². The first-order valence-corrected chi connectivity index (χ1v) is 9.06. The molecule has 27 heavy (non-hydrogen) atoms. The summed E-state index contributed by atoms with van der Waals surface area (Å²) in [5, 5.41) is 1.01. The third kappa shape index (κ3) is 3.50. The Hall–Kier alpha value is -2.95. The van der Waals surface area contributed by atoms with Gasteiger partial charge in [0.2, 0.25) is 0 Å². The zero-order chi connectivity index (χ0) is 18.8. The van der Waals surface area contributed by atoms with Gasteiger partial charge in [-0.25, -0.2) is 0 Å². The highest BCUT2D eigenvalue weighted by Gasteiger charge is 2.17. The van der Waals surface area contributed by atoms with E-state index in [0.29, 0.717) is 11.5 Å². The molecule has 0 saturated heterocycles. The van der Waals surface area contributed by atoms with E-state index in [2.05, 4.69) is 12.1 Å². The molecule has 5 nitrogen and oxygen atoms in total. The summed E-state index contributed by atoms with van der Waals surface area (Å²) in [6, 6.07) is 9.68. The summed E-state index contributed by atoms with van der Waals surface area (Å²) in [7, 11) is 3.18. The highest BCUT2D eigenvalue weighted by atomic mass is 16.5. The highest BCUT2D eigenvalue weighted by Crippen LogP contribution is 2.31. The van der Waals surface area contributed by atoms with Gasteiger partial charge >= 0.3 is 5.97 Å². The number of rotatable bonds is 6. The maximum absolute atomic E-state index is 12.4. The summed E-state index contributed by atoms with van der Waals surface area (Å²) in [5.74, 6) is 1.05. The number of ether oxygens (including phenoxy) is 3. The van der Waals surface area contributed by atoms with E-state index in [1.165, 1.54) is 17.5 Å². The van der Waals surface area contributed by atoms with Gasteiger partial charge in [0.05, 0.1) is 26.9 Å². The topological polar surface area (TPSA) is 57.9 Å². The first-order valence-electron chi connectivity index (χ1n) is 9.06. The molecule has 0 saturated carbocycles. The zero-order valence-electron chi connectivity index (χ0n) is 15.5. The molecule has 3 aromatic rings. The van der Waals surface area contributed by atoms with Crippen LogP contribution in [0, 0.1) is 0 Å². The summed E-state index contributed by atoms with van der Waals surface area (Å²) in [6.45, 7) is 0.129. The minimum atomic E-state index is -0.303. The number of esters is 1. The van der Waals surface area contributed by atoms with Gasteiger partial charge in [0.15, 0.2) is 0 Å². The standard InChI is InChI=1S/C22H22O5/c1-24-18-6-7-20(25-2)17(8-18)13-27-22(23)11-16-12-26-21-10-15-5-3-4-14(15)9-19(16)21/h6-10,12H,3-5,11,13H2,1-2H3. The SMILES string of the molecule is COc1ccc(OC)c(COC(=O)Cc2coc3cc4c(cc23)CCC4)c1. The molecular weight excluding hydrogens is 344 g/mol. The van der Waals surface area contributed by atoms with Crippen molar-refractivity contribution in [3.63, 3.8) is 0 Å². The second kappa shape index (κ2) is 7.35. The minimum Gasteiger partial charge on any atom is -0.497 e. The highest BCUT2D eigenvalue weighted by molar-refractivity contribution is 5.87. The lowest BCUT2D eigenvalue weighted by atomic mass is 10.0. The first-order chi connectivity index (χ1) is 13.2. The first kappa shape index (κ1) is 17.5. The molecule has 2 aromatic carbocycles. The van der Waals surface area contributed by atoms with Crippen LogP contribution in [0.15, 0.2) is 41.0 Å². The largest absolute Gasteiger partial charge is 0.497 e. The van der Waals surface area contributed by atoms with Crippen LogP contribution in [-0.4, -0.2) is 20.2 Å². The maximum Gasteiger partial charge on any atom is 0.310 e.